The van der Waals surface area contributed by atoms with Crippen molar-refractivity contribution in [1.82, 2.24) is 5.32 Å². The maximum atomic E-state index is 11.8. The van der Waals surface area contributed by atoms with Crippen molar-refractivity contribution in [3.8, 4) is 0 Å². The standard InChI is InChI=1S/C11H19ClN2O3S/c12-9-7-18(16,17)8-10(9)13-11(15)6-14-4-2-1-3-5-14/h9-10H,1-8H2,(H,13,15)/p+1/t9-,10+/m1/s1. The third-order valence-electron chi connectivity index (χ3n) is 3.60. The van der Waals surface area contributed by atoms with Crippen LogP contribution in [0.1, 0.15) is 19.3 Å². The Morgan fingerprint density at radius 2 is 1.89 bits per heavy atom. The van der Waals surface area contributed by atoms with Gasteiger partial charge in [-0.05, 0) is 19.3 Å². The van der Waals surface area contributed by atoms with Crippen molar-refractivity contribution in [3.63, 3.8) is 0 Å². The largest absolute Gasteiger partial charge is 0.346 e. The van der Waals surface area contributed by atoms with Gasteiger partial charge in [-0.25, -0.2) is 8.42 Å². The average molecular weight is 296 g/mol. The van der Waals surface area contributed by atoms with E-state index in [1.165, 1.54) is 24.2 Å². The normalized spacial score (nSPS) is 32.3. The summed E-state index contributed by atoms with van der Waals surface area (Å²) in [7, 11) is -3.08. The van der Waals surface area contributed by atoms with E-state index in [1.54, 1.807) is 0 Å². The Bertz CT molecular complexity index is 407. The predicted molar refractivity (Wildman–Crippen MR) is 69.6 cm³/mol. The number of carbonyl (C=O) groups excluding carboxylic acids is 1. The van der Waals surface area contributed by atoms with Crippen LogP contribution in [-0.4, -0.2) is 56.9 Å². The van der Waals surface area contributed by atoms with Crippen LogP contribution < -0.4 is 10.2 Å². The summed E-state index contributed by atoms with van der Waals surface area (Å²) in [5.41, 5.74) is 0. The second-order valence-corrected chi connectivity index (χ2v) is 7.97. The monoisotopic (exact) mass is 295 g/mol. The third kappa shape index (κ3) is 3.83. The predicted octanol–water partition coefficient (Wildman–Crippen LogP) is -1.42. The Morgan fingerprint density at radius 1 is 1.22 bits per heavy atom. The van der Waals surface area contributed by atoms with Crippen molar-refractivity contribution in [1.29, 1.82) is 0 Å². The second kappa shape index (κ2) is 5.75. The molecule has 2 heterocycles. The molecule has 0 aromatic carbocycles. The molecule has 18 heavy (non-hydrogen) atoms. The van der Waals surface area contributed by atoms with Gasteiger partial charge in [-0.1, -0.05) is 0 Å². The van der Waals surface area contributed by atoms with Crippen LogP contribution in [0.25, 0.3) is 0 Å². The third-order valence-corrected chi connectivity index (χ3v) is 5.98. The lowest BCUT2D eigenvalue weighted by molar-refractivity contribution is -0.896. The molecule has 104 valence electrons. The number of rotatable bonds is 3. The van der Waals surface area contributed by atoms with Crippen LogP contribution in [0.3, 0.4) is 0 Å². The number of likely N-dealkylation sites (tertiary alicyclic amines) is 1. The van der Waals surface area contributed by atoms with Gasteiger partial charge in [0.15, 0.2) is 16.4 Å². The Labute approximate surface area is 113 Å². The van der Waals surface area contributed by atoms with Crippen molar-refractivity contribution in [3.05, 3.63) is 0 Å². The molecule has 1 amide bonds. The number of alkyl halides is 1. The number of sulfone groups is 1. The van der Waals surface area contributed by atoms with E-state index in [0.717, 1.165) is 13.1 Å². The molecule has 0 unspecified atom stereocenters. The number of piperidine rings is 1. The fourth-order valence-corrected chi connectivity index (χ4v) is 5.20. The van der Waals surface area contributed by atoms with E-state index in [2.05, 4.69) is 5.32 Å². The number of quaternary nitrogens is 1. The van der Waals surface area contributed by atoms with E-state index in [-0.39, 0.29) is 17.4 Å². The quantitative estimate of drug-likeness (QED) is 0.628. The summed E-state index contributed by atoms with van der Waals surface area (Å²) in [6.07, 6.45) is 3.58. The number of halogens is 1. The lowest BCUT2D eigenvalue weighted by Gasteiger charge is -2.24. The molecular formula is C11H20ClN2O3S+. The molecule has 2 atom stereocenters. The number of nitrogens with one attached hydrogen (secondary N) is 2. The van der Waals surface area contributed by atoms with Gasteiger partial charge in [0.05, 0.1) is 36.0 Å². The molecule has 0 saturated carbocycles. The minimum atomic E-state index is -3.08. The minimum absolute atomic E-state index is 0.0256. The van der Waals surface area contributed by atoms with Crippen LogP contribution in [-0.2, 0) is 14.6 Å². The van der Waals surface area contributed by atoms with E-state index in [9.17, 15) is 13.2 Å². The molecule has 0 radical (unpaired) electrons. The number of hydrogen-bond acceptors (Lipinski definition) is 3. The highest BCUT2D eigenvalue weighted by atomic mass is 35.5. The number of amides is 1. The summed E-state index contributed by atoms with van der Waals surface area (Å²) in [6, 6.07) is -0.423. The highest BCUT2D eigenvalue weighted by molar-refractivity contribution is 7.91. The summed E-state index contributed by atoms with van der Waals surface area (Å²) < 4.78 is 22.8. The van der Waals surface area contributed by atoms with Crippen molar-refractivity contribution >= 4 is 27.3 Å². The molecule has 0 aromatic heterocycles. The molecule has 0 spiro atoms. The first-order valence-corrected chi connectivity index (χ1v) is 8.69. The van der Waals surface area contributed by atoms with Gasteiger partial charge in [0.25, 0.3) is 5.91 Å². The molecule has 2 rings (SSSR count). The Morgan fingerprint density at radius 3 is 2.44 bits per heavy atom. The van der Waals surface area contributed by atoms with E-state index in [0.29, 0.717) is 6.54 Å². The molecule has 2 aliphatic heterocycles. The van der Waals surface area contributed by atoms with Gasteiger partial charge in [0, 0.05) is 0 Å². The summed E-state index contributed by atoms with van der Waals surface area (Å²) in [5, 5.41) is 2.27. The molecule has 7 heteroatoms. The molecule has 0 aliphatic carbocycles. The second-order valence-electron chi connectivity index (χ2n) is 5.25. The van der Waals surface area contributed by atoms with Gasteiger partial charge in [-0.3, -0.25) is 4.79 Å². The van der Waals surface area contributed by atoms with Crippen LogP contribution in [0.4, 0.5) is 0 Å². The van der Waals surface area contributed by atoms with Crippen LogP contribution in [0.15, 0.2) is 0 Å². The van der Waals surface area contributed by atoms with Gasteiger partial charge in [0.2, 0.25) is 0 Å². The zero-order chi connectivity index (χ0) is 13.2. The van der Waals surface area contributed by atoms with Gasteiger partial charge in [-0.2, -0.15) is 0 Å². The zero-order valence-electron chi connectivity index (χ0n) is 10.3. The Kier molecular flexibility index (Phi) is 4.50. The van der Waals surface area contributed by atoms with E-state index < -0.39 is 21.3 Å². The minimum Gasteiger partial charge on any atom is -0.346 e. The first kappa shape index (κ1) is 14.1. The van der Waals surface area contributed by atoms with Gasteiger partial charge in [0.1, 0.15) is 0 Å². The van der Waals surface area contributed by atoms with Crippen LogP contribution in [0, 0.1) is 0 Å². The SMILES string of the molecule is O=C(C[NH+]1CCCCC1)N[C@H]1CS(=O)(=O)C[C@H]1Cl. The summed E-state index contributed by atoms with van der Waals surface area (Å²) >= 11 is 5.95. The molecule has 0 bridgehead atoms. The first-order chi connectivity index (χ1) is 8.46. The number of carbonyl (C=O) groups is 1. The molecule has 2 N–H and O–H groups in total. The highest BCUT2D eigenvalue weighted by Crippen LogP contribution is 2.17. The average Bonchev–Trinajstić information content (AvgIpc) is 2.53. The van der Waals surface area contributed by atoms with Crippen molar-refractivity contribution in [2.75, 3.05) is 31.1 Å². The topological polar surface area (TPSA) is 67.7 Å². The van der Waals surface area contributed by atoms with Crippen molar-refractivity contribution in [2.45, 2.75) is 30.7 Å². The van der Waals surface area contributed by atoms with E-state index in [1.807, 2.05) is 0 Å². The van der Waals surface area contributed by atoms with Crippen LogP contribution >= 0.6 is 11.6 Å². The maximum Gasteiger partial charge on any atom is 0.275 e. The van der Waals surface area contributed by atoms with Crippen molar-refractivity contribution in [2.24, 2.45) is 0 Å². The maximum absolute atomic E-state index is 11.8. The Hall–Kier alpha value is -0.330. The smallest absolute Gasteiger partial charge is 0.275 e. The molecule has 0 aromatic rings. The van der Waals surface area contributed by atoms with Gasteiger partial charge < -0.3 is 10.2 Å². The lowest BCUT2D eigenvalue weighted by atomic mass is 10.1. The molecule has 5 nitrogen and oxygen atoms in total. The van der Waals surface area contributed by atoms with Crippen molar-refractivity contribution < 1.29 is 18.1 Å². The van der Waals surface area contributed by atoms with Crippen LogP contribution in [0.5, 0.6) is 0 Å². The fraction of sp³-hybridized carbons (Fsp3) is 0.909. The molecule has 2 aliphatic rings. The lowest BCUT2D eigenvalue weighted by Crippen LogP contribution is -3.14. The van der Waals surface area contributed by atoms with Crippen LogP contribution in [0.2, 0.25) is 0 Å². The zero-order valence-corrected chi connectivity index (χ0v) is 11.9. The van der Waals surface area contributed by atoms with E-state index in [4.69, 9.17) is 11.6 Å². The fourth-order valence-electron chi connectivity index (χ4n) is 2.65. The van der Waals surface area contributed by atoms with E-state index >= 15 is 0 Å². The van der Waals surface area contributed by atoms with Gasteiger partial charge in [-0.15, -0.1) is 11.6 Å². The van der Waals surface area contributed by atoms with Gasteiger partial charge >= 0.3 is 0 Å². The highest BCUT2D eigenvalue weighted by Gasteiger charge is 2.37. The Balaban J connectivity index is 1.80. The first-order valence-electron chi connectivity index (χ1n) is 6.44. The molecule has 2 fully saturated rings. The molecule has 2 saturated heterocycles. The molecular weight excluding hydrogens is 276 g/mol. The summed E-state index contributed by atoms with van der Waals surface area (Å²) in [6.45, 7) is 2.49. The summed E-state index contributed by atoms with van der Waals surface area (Å²) in [5.74, 6) is -0.141. The summed E-state index contributed by atoms with van der Waals surface area (Å²) in [4.78, 5) is 13.1. The number of hydrogen-bond donors (Lipinski definition) is 2.